The third kappa shape index (κ3) is 32.2. The number of carbonyl (C=O) groups is 8. The SMILES string of the molecule is C=C(CC(CC(=O)OC)C(=O)OC(C)COCC(=O)c1ccccc1C(=O)OC(C)COC)CC(C)(C)CC(C)(C)C.C=C(CC1CC(=O)OC1=O)CC(C)(C)CC(C)(C)C.C=Cc1ccccc1.CC(O)CO.O=C1OC(=O)c2ccccc21. The van der Waals surface area contributed by atoms with Gasteiger partial charge in [-0.1, -0.05) is 167 Å². The molecule has 0 bridgehead atoms. The summed E-state index contributed by atoms with van der Waals surface area (Å²) in [7, 11) is 2.78. The monoisotopic (exact) mass is 1180 g/mol. The van der Waals surface area contributed by atoms with E-state index in [0.29, 0.717) is 30.4 Å². The number of cyclic esters (lactones) is 4. The highest BCUT2D eigenvalue weighted by Crippen LogP contribution is 2.40. The Bertz CT molecular complexity index is 2650. The lowest BCUT2D eigenvalue weighted by Crippen LogP contribution is -2.29. The highest BCUT2D eigenvalue weighted by Gasteiger charge is 2.36. The summed E-state index contributed by atoms with van der Waals surface area (Å²) in [6.45, 7) is 38.5. The molecule has 17 nitrogen and oxygen atoms in total. The van der Waals surface area contributed by atoms with Crippen molar-refractivity contribution in [2.45, 2.75) is 160 Å². The van der Waals surface area contributed by atoms with Crippen LogP contribution in [0.5, 0.6) is 0 Å². The smallest absolute Gasteiger partial charge is 0.346 e. The first-order valence-electron chi connectivity index (χ1n) is 28.5. The Morgan fingerprint density at radius 2 is 1.15 bits per heavy atom. The summed E-state index contributed by atoms with van der Waals surface area (Å²) in [6.07, 6.45) is 4.69. The minimum atomic E-state index is -0.752. The minimum Gasteiger partial charge on any atom is -0.469 e. The van der Waals surface area contributed by atoms with E-state index in [1.165, 1.54) is 38.8 Å². The number of ketones is 1. The van der Waals surface area contributed by atoms with Crippen LogP contribution in [0.15, 0.2) is 110 Å². The highest BCUT2D eigenvalue weighted by molar-refractivity contribution is 6.14. The minimum absolute atomic E-state index is 0.0275. The number of fused-ring (bicyclic) bond motifs is 1. The zero-order valence-electron chi connectivity index (χ0n) is 53.1. The van der Waals surface area contributed by atoms with Crippen LogP contribution in [0.1, 0.15) is 188 Å². The first-order chi connectivity index (χ1) is 39.4. The molecule has 2 aliphatic rings. The molecule has 5 unspecified atom stereocenters. The van der Waals surface area contributed by atoms with Gasteiger partial charge in [-0.2, -0.15) is 0 Å². The van der Waals surface area contributed by atoms with Crippen molar-refractivity contribution < 1.29 is 81.7 Å². The van der Waals surface area contributed by atoms with E-state index < -0.39 is 65.8 Å². The number of Topliss-reactive ketones (excluding diaryl/α,β-unsaturated/α-hetero) is 1. The second-order valence-electron chi connectivity index (χ2n) is 25.5. The normalized spacial score (nSPS) is 15.0. The first-order valence-corrected chi connectivity index (χ1v) is 28.5. The number of allylic oxidation sites excluding steroid dienone is 2. The van der Waals surface area contributed by atoms with Crippen LogP contribution in [0, 0.1) is 33.5 Å². The van der Waals surface area contributed by atoms with Crippen LogP contribution >= 0.6 is 0 Å². The van der Waals surface area contributed by atoms with Gasteiger partial charge in [-0.05, 0) is 105 Å². The zero-order valence-corrected chi connectivity index (χ0v) is 53.1. The first kappa shape index (κ1) is 76.1. The van der Waals surface area contributed by atoms with Gasteiger partial charge in [-0.25, -0.2) is 14.4 Å². The summed E-state index contributed by atoms with van der Waals surface area (Å²) in [5, 5.41) is 16.0. The summed E-state index contributed by atoms with van der Waals surface area (Å²) in [6, 6.07) is 22.9. The summed E-state index contributed by atoms with van der Waals surface area (Å²) < 4.78 is 35.1. The molecule has 3 aromatic carbocycles. The molecule has 3 aromatic rings. The molecule has 5 rings (SSSR count). The van der Waals surface area contributed by atoms with Crippen molar-refractivity contribution >= 4 is 53.6 Å². The van der Waals surface area contributed by atoms with Crippen LogP contribution in [0.2, 0.25) is 0 Å². The molecule has 0 aliphatic carbocycles. The number of ether oxygens (including phenoxy) is 7. The lowest BCUT2D eigenvalue weighted by atomic mass is 9.72. The second-order valence-corrected chi connectivity index (χ2v) is 25.5. The van der Waals surface area contributed by atoms with Gasteiger partial charge in [0.1, 0.15) is 18.8 Å². The Morgan fingerprint density at radius 1 is 0.671 bits per heavy atom. The van der Waals surface area contributed by atoms with Crippen LogP contribution in [0.4, 0.5) is 0 Å². The van der Waals surface area contributed by atoms with Crippen molar-refractivity contribution in [3.05, 3.63) is 138 Å². The van der Waals surface area contributed by atoms with Crippen molar-refractivity contribution in [1.29, 1.82) is 0 Å². The summed E-state index contributed by atoms with van der Waals surface area (Å²) in [4.78, 5) is 94.7. The molecule has 2 N–H and O–H groups in total. The maximum absolute atomic E-state index is 13.1. The number of rotatable bonds is 25. The third-order valence-corrected chi connectivity index (χ3v) is 12.4. The van der Waals surface area contributed by atoms with Crippen LogP contribution in [0.3, 0.4) is 0 Å². The van der Waals surface area contributed by atoms with Crippen molar-refractivity contribution in [2.24, 2.45) is 33.5 Å². The largest absolute Gasteiger partial charge is 0.469 e. The average molecular weight is 1190 g/mol. The molecule has 2 heterocycles. The Labute approximate surface area is 504 Å². The number of aliphatic hydroxyl groups excluding tert-OH is 2. The fourth-order valence-electron chi connectivity index (χ4n) is 10.2. The van der Waals surface area contributed by atoms with E-state index in [1.54, 1.807) is 50.2 Å². The molecule has 5 atom stereocenters. The molecule has 1 saturated heterocycles. The molecule has 2 aliphatic heterocycles. The second kappa shape index (κ2) is 36.8. The molecule has 0 spiro atoms. The van der Waals surface area contributed by atoms with E-state index >= 15 is 0 Å². The van der Waals surface area contributed by atoms with Crippen LogP contribution in [0.25, 0.3) is 6.08 Å². The number of hydrogen-bond donors (Lipinski definition) is 2. The van der Waals surface area contributed by atoms with E-state index in [1.807, 2.05) is 36.4 Å². The van der Waals surface area contributed by atoms with Gasteiger partial charge in [-0.3, -0.25) is 24.0 Å². The number of hydrogen-bond acceptors (Lipinski definition) is 17. The molecule has 1 fully saturated rings. The predicted molar refractivity (Wildman–Crippen MR) is 327 cm³/mol. The molecule has 0 radical (unpaired) electrons. The average Bonchev–Trinajstić information content (AvgIpc) is 4.10. The molecular formula is C68H96O17. The van der Waals surface area contributed by atoms with Gasteiger partial charge in [0.2, 0.25) is 0 Å². The van der Waals surface area contributed by atoms with Crippen molar-refractivity contribution in [2.75, 3.05) is 40.6 Å². The van der Waals surface area contributed by atoms with E-state index in [4.69, 9.17) is 33.9 Å². The van der Waals surface area contributed by atoms with Crippen LogP contribution in [-0.2, 0) is 52.3 Å². The van der Waals surface area contributed by atoms with Gasteiger partial charge in [0, 0.05) is 12.7 Å². The maximum Gasteiger partial charge on any atom is 0.346 e. The Hall–Kier alpha value is -6.92. The lowest BCUT2D eigenvalue weighted by Gasteiger charge is -2.33. The molecule has 0 amide bonds. The van der Waals surface area contributed by atoms with E-state index in [2.05, 4.69) is 98.4 Å². The van der Waals surface area contributed by atoms with Crippen LogP contribution < -0.4 is 0 Å². The van der Waals surface area contributed by atoms with Crippen LogP contribution in [-0.4, -0.2) is 117 Å². The Kier molecular flexibility index (Phi) is 33.0. The standard InChI is InChI=1S/C33H50O9.C16H26O3.C8H4O3.C8H8.C3H8O2/c1-22(17-33(7,8)21-32(4,5)6)15-25(16-29(35)39-10)30(36)41-24(3)19-40-20-28(34)26-13-11-12-14-27(26)31(37)42-23(2)18-38-9;1-11(7-12-8-13(17)19-14(12)18)9-16(5,6)10-15(2,3)4;9-7-5-3-1-2-4-6(5)8(10)11-7;1-2-8-6-4-3-5-7-8;1-3(5)2-4/h11-14,23-25H,1,15-21H2,2-10H3;12H,1,7-10H2,2-6H3;1-4H;2-7H,1H2;3-5H,2H2,1H3. The zero-order chi connectivity index (χ0) is 64.9. The quantitative estimate of drug-likeness (QED) is 0.0263. The van der Waals surface area contributed by atoms with Gasteiger partial charge < -0.3 is 43.4 Å². The summed E-state index contributed by atoms with van der Waals surface area (Å²) >= 11 is 0. The number of methoxy groups -OCH3 is 2. The third-order valence-electron chi connectivity index (χ3n) is 12.4. The van der Waals surface area contributed by atoms with Crippen molar-refractivity contribution in [3.63, 3.8) is 0 Å². The number of aliphatic hydroxyl groups is 2. The Balaban J connectivity index is 0.000000672. The maximum atomic E-state index is 13.1. The lowest BCUT2D eigenvalue weighted by molar-refractivity contribution is -0.159. The molecule has 470 valence electrons. The van der Waals surface area contributed by atoms with Crippen molar-refractivity contribution in [3.8, 4) is 0 Å². The number of carbonyl (C=O) groups excluding carboxylic acids is 8. The van der Waals surface area contributed by atoms with E-state index in [-0.39, 0.29) is 83.9 Å². The molecule has 85 heavy (non-hydrogen) atoms. The number of esters is 7. The predicted octanol–water partition coefficient (Wildman–Crippen LogP) is 12.5. The van der Waals surface area contributed by atoms with Gasteiger partial charge in [-0.15, -0.1) is 0 Å². The van der Waals surface area contributed by atoms with E-state index in [0.717, 1.165) is 30.4 Å². The molecule has 0 aromatic heterocycles. The topological polar surface area (TPSA) is 242 Å². The van der Waals surface area contributed by atoms with Gasteiger partial charge in [0.15, 0.2) is 5.78 Å². The summed E-state index contributed by atoms with van der Waals surface area (Å²) in [5.74, 6) is -5.09. The van der Waals surface area contributed by atoms with Gasteiger partial charge in [0.25, 0.3) is 0 Å². The Morgan fingerprint density at radius 3 is 1.60 bits per heavy atom. The number of benzene rings is 3. The molecule has 0 saturated carbocycles. The fraction of sp³-hybridized carbons (Fsp3) is 0.529. The van der Waals surface area contributed by atoms with E-state index in [9.17, 15) is 38.4 Å². The summed E-state index contributed by atoms with van der Waals surface area (Å²) in [5.41, 5.74) is 4.62. The highest BCUT2D eigenvalue weighted by atomic mass is 16.6. The van der Waals surface area contributed by atoms with Gasteiger partial charge in [0.05, 0.1) is 74.4 Å². The molecular weight excluding hydrogens is 1090 g/mol. The fourth-order valence-corrected chi connectivity index (χ4v) is 10.2. The van der Waals surface area contributed by atoms with Gasteiger partial charge >= 0.3 is 41.8 Å². The molecule has 17 heteroatoms. The van der Waals surface area contributed by atoms with Crippen molar-refractivity contribution in [1.82, 2.24) is 0 Å².